The van der Waals surface area contributed by atoms with E-state index in [-0.39, 0.29) is 6.09 Å². The van der Waals surface area contributed by atoms with E-state index in [4.69, 9.17) is 4.74 Å². The first-order valence-electron chi connectivity index (χ1n) is 8.45. The molecule has 4 nitrogen and oxygen atoms in total. The molecule has 0 saturated carbocycles. The average Bonchev–Trinajstić information content (AvgIpc) is 2.58. The number of carbonyl (C=O) groups excluding carboxylic acids is 1. The predicted octanol–water partition coefficient (Wildman–Crippen LogP) is 3.33. The maximum atomic E-state index is 11.7. The number of ether oxygens (including phenoxy) is 1. The fourth-order valence-corrected chi connectivity index (χ4v) is 3.22. The van der Waals surface area contributed by atoms with Gasteiger partial charge in [-0.15, -0.1) is 0 Å². The number of nitrogens with one attached hydrogen (secondary N) is 2. The second-order valence-electron chi connectivity index (χ2n) is 6.03. The fourth-order valence-electron chi connectivity index (χ4n) is 3.22. The number of hydrogen-bond acceptors (Lipinski definition) is 3. The van der Waals surface area contributed by atoms with Crippen LogP contribution in [0.5, 0.6) is 0 Å². The Balaban J connectivity index is 1.63. The molecule has 0 radical (unpaired) electrons. The van der Waals surface area contributed by atoms with Crippen LogP contribution in [0, 0.1) is 11.8 Å². The zero-order valence-corrected chi connectivity index (χ0v) is 13.5. The van der Waals surface area contributed by atoms with Gasteiger partial charge in [0.05, 0.1) is 0 Å². The van der Waals surface area contributed by atoms with Crippen LogP contribution in [0.3, 0.4) is 0 Å². The van der Waals surface area contributed by atoms with Crippen LogP contribution in [-0.4, -0.2) is 25.7 Å². The number of benzene rings is 1. The minimum atomic E-state index is -0.316. The number of carbonyl (C=O) groups is 1. The van der Waals surface area contributed by atoms with Crippen LogP contribution in [0.15, 0.2) is 30.3 Å². The summed E-state index contributed by atoms with van der Waals surface area (Å²) in [6.45, 7) is 5.55. The Morgan fingerprint density at radius 2 is 2.05 bits per heavy atom. The van der Waals surface area contributed by atoms with Crippen LogP contribution in [0.2, 0.25) is 0 Å². The van der Waals surface area contributed by atoms with E-state index in [1.165, 1.54) is 19.3 Å². The Kier molecular flexibility index (Phi) is 7.23. The highest BCUT2D eigenvalue weighted by Crippen LogP contribution is 2.26. The lowest BCUT2D eigenvalue weighted by molar-refractivity contribution is 0.138. The van der Waals surface area contributed by atoms with E-state index >= 15 is 0 Å². The van der Waals surface area contributed by atoms with Gasteiger partial charge < -0.3 is 15.4 Å². The smallest absolute Gasteiger partial charge is 0.407 e. The van der Waals surface area contributed by atoms with E-state index in [1.54, 1.807) is 0 Å². The number of piperidine rings is 1. The maximum Gasteiger partial charge on any atom is 0.407 e. The average molecular weight is 304 g/mol. The lowest BCUT2D eigenvalue weighted by Crippen LogP contribution is -2.33. The first-order chi connectivity index (χ1) is 10.8. The third kappa shape index (κ3) is 5.68. The van der Waals surface area contributed by atoms with E-state index in [0.717, 1.165) is 31.0 Å². The number of amides is 1. The largest absolute Gasteiger partial charge is 0.445 e. The molecule has 2 N–H and O–H groups in total. The molecule has 1 unspecified atom stereocenters. The first kappa shape index (κ1) is 16.8. The quantitative estimate of drug-likeness (QED) is 0.812. The summed E-state index contributed by atoms with van der Waals surface area (Å²) in [4.78, 5) is 11.7. The summed E-state index contributed by atoms with van der Waals surface area (Å²) in [7, 11) is 0. The van der Waals surface area contributed by atoms with Gasteiger partial charge in [0.25, 0.3) is 0 Å². The van der Waals surface area contributed by atoms with Gasteiger partial charge >= 0.3 is 6.09 Å². The normalized spacial score (nSPS) is 17.0. The Hall–Kier alpha value is -1.55. The summed E-state index contributed by atoms with van der Waals surface area (Å²) in [5.41, 5.74) is 1.01. The number of hydrogen-bond donors (Lipinski definition) is 2. The van der Waals surface area contributed by atoms with Crippen molar-refractivity contribution in [2.75, 3.05) is 19.6 Å². The molecular weight excluding hydrogens is 276 g/mol. The van der Waals surface area contributed by atoms with Crippen molar-refractivity contribution in [1.82, 2.24) is 10.6 Å². The van der Waals surface area contributed by atoms with Crippen LogP contribution >= 0.6 is 0 Å². The molecule has 1 fully saturated rings. The predicted molar refractivity (Wildman–Crippen MR) is 88.6 cm³/mol. The van der Waals surface area contributed by atoms with Gasteiger partial charge in [-0.3, -0.25) is 0 Å². The van der Waals surface area contributed by atoms with Crippen molar-refractivity contribution in [1.29, 1.82) is 0 Å². The monoisotopic (exact) mass is 304 g/mol. The van der Waals surface area contributed by atoms with Crippen molar-refractivity contribution in [2.24, 2.45) is 11.8 Å². The molecule has 1 aliphatic rings. The second-order valence-corrected chi connectivity index (χ2v) is 6.03. The van der Waals surface area contributed by atoms with Crippen LogP contribution in [0.25, 0.3) is 0 Å². The number of alkyl carbamates (subject to hydrolysis) is 1. The summed E-state index contributed by atoms with van der Waals surface area (Å²) in [5, 5.41) is 6.29. The molecule has 1 saturated heterocycles. The van der Waals surface area contributed by atoms with Crippen molar-refractivity contribution in [3.63, 3.8) is 0 Å². The standard InChI is InChI=1S/C18H28N2O2/c1-2-16(17-8-11-19-12-9-17)10-13-20-18(21)22-14-15-6-4-3-5-7-15/h3-7,16-17,19H,2,8-14H2,1H3,(H,20,21). The molecule has 1 aliphatic heterocycles. The Labute approximate surface area is 133 Å². The molecule has 1 amide bonds. The Bertz CT molecular complexity index is 430. The Morgan fingerprint density at radius 1 is 1.32 bits per heavy atom. The van der Waals surface area contributed by atoms with Crippen LogP contribution in [-0.2, 0) is 11.3 Å². The molecule has 4 heteroatoms. The lowest BCUT2D eigenvalue weighted by atomic mass is 9.81. The minimum Gasteiger partial charge on any atom is -0.445 e. The zero-order valence-electron chi connectivity index (χ0n) is 13.5. The summed E-state index contributed by atoms with van der Waals surface area (Å²) < 4.78 is 5.23. The van der Waals surface area contributed by atoms with Crippen LogP contribution in [0.4, 0.5) is 4.79 Å². The topological polar surface area (TPSA) is 50.4 Å². The van der Waals surface area contributed by atoms with Gasteiger partial charge in [-0.2, -0.15) is 0 Å². The van der Waals surface area contributed by atoms with E-state index < -0.39 is 0 Å². The van der Waals surface area contributed by atoms with Crippen molar-refractivity contribution in [3.8, 4) is 0 Å². The van der Waals surface area contributed by atoms with Gasteiger partial charge in [0.2, 0.25) is 0 Å². The first-order valence-corrected chi connectivity index (χ1v) is 8.45. The van der Waals surface area contributed by atoms with Crippen molar-refractivity contribution in [2.45, 2.75) is 39.2 Å². The molecule has 0 bridgehead atoms. The maximum absolute atomic E-state index is 11.7. The van der Waals surface area contributed by atoms with E-state index in [9.17, 15) is 4.79 Å². The van der Waals surface area contributed by atoms with E-state index in [0.29, 0.717) is 19.1 Å². The molecule has 0 aliphatic carbocycles. The molecule has 0 aromatic heterocycles. The highest BCUT2D eigenvalue weighted by atomic mass is 16.5. The van der Waals surface area contributed by atoms with E-state index in [1.807, 2.05) is 30.3 Å². The van der Waals surface area contributed by atoms with E-state index in [2.05, 4.69) is 17.6 Å². The summed E-state index contributed by atoms with van der Waals surface area (Å²) in [5.74, 6) is 1.50. The van der Waals surface area contributed by atoms with Crippen molar-refractivity contribution in [3.05, 3.63) is 35.9 Å². The molecule has 0 spiro atoms. The summed E-state index contributed by atoms with van der Waals surface area (Å²) >= 11 is 0. The minimum absolute atomic E-state index is 0.316. The highest BCUT2D eigenvalue weighted by Gasteiger charge is 2.21. The molecule has 22 heavy (non-hydrogen) atoms. The van der Waals surface area contributed by atoms with Crippen molar-refractivity contribution < 1.29 is 9.53 Å². The van der Waals surface area contributed by atoms with Crippen molar-refractivity contribution >= 4 is 6.09 Å². The zero-order chi connectivity index (χ0) is 15.6. The molecule has 122 valence electrons. The van der Waals surface area contributed by atoms with Gasteiger partial charge in [0.15, 0.2) is 0 Å². The molecule has 2 rings (SSSR count). The van der Waals surface area contributed by atoms with Crippen LogP contribution in [0.1, 0.15) is 38.2 Å². The third-order valence-electron chi connectivity index (χ3n) is 4.57. The van der Waals surface area contributed by atoms with Crippen LogP contribution < -0.4 is 10.6 Å². The highest BCUT2D eigenvalue weighted by molar-refractivity contribution is 5.67. The molecule has 1 aromatic carbocycles. The van der Waals surface area contributed by atoms with Gasteiger partial charge in [-0.1, -0.05) is 43.7 Å². The SMILES string of the molecule is CCC(CCNC(=O)OCc1ccccc1)C1CCNCC1. The molecule has 1 atom stereocenters. The van der Waals surface area contributed by atoms with Gasteiger partial charge in [-0.05, 0) is 49.8 Å². The number of rotatable bonds is 7. The Morgan fingerprint density at radius 3 is 2.73 bits per heavy atom. The van der Waals surface area contributed by atoms with Gasteiger partial charge in [0.1, 0.15) is 6.61 Å². The fraction of sp³-hybridized carbons (Fsp3) is 0.611. The lowest BCUT2D eigenvalue weighted by Gasteiger charge is -2.30. The summed E-state index contributed by atoms with van der Waals surface area (Å²) in [6, 6.07) is 9.76. The third-order valence-corrected chi connectivity index (χ3v) is 4.57. The molecule has 1 heterocycles. The van der Waals surface area contributed by atoms with Gasteiger partial charge in [-0.25, -0.2) is 4.79 Å². The molecule has 1 aromatic rings. The summed E-state index contributed by atoms with van der Waals surface area (Å²) in [6.07, 6.45) is 4.44. The second kappa shape index (κ2) is 9.46. The van der Waals surface area contributed by atoms with Gasteiger partial charge in [0, 0.05) is 6.54 Å². The molecular formula is C18H28N2O2.